The summed E-state index contributed by atoms with van der Waals surface area (Å²) in [5.74, 6) is -0.503. The van der Waals surface area contributed by atoms with Crippen molar-refractivity contribution >= 4 is 11.8 Å². The molecule has 1 atom stereocenters. The van der Waals surface area contributed by atoms with Crippen LogP contribution in [0.3, 0.4) is 0 Å². The maximum atomic E-state index is 13.5. The smallest absolute Gasteiger partial charge is 0.257 e. The van der Waals surface area contributed by atoms with E-state index < -0.39 is 5.91 Å². The number of aromatic nitrogens is 1. The Hall–Kier alpha value is -3.20. The second-order valence-corrected chi connectivity index (χ2v) is 9.26. The Bertz CT molecular complexity index is 1150. The lowest BCUT2D eigenvalue weighted by molar-refractivity contribution is -0.136. The van der Waals surface area contributed by atoms with Gasteiger partial charge in [0.05, 0.1) is 13.2 Å². The van der Waals surface area contributed by atoms with E-state index in [2.05, 4.69) is 10.2 Å². The second-order valence-electron chi connectivity index (χ2n) is 9.26. The van der Waals surface area contributed by atoms with Gasteiger partial charge in [-0.2, -0.15) is 0 Å². The molecule has 1 aromatic carbocycles. The monoisotopic (exact) mass is 484 g/mol. The molecule has 1 aromatic heterocycles. The van der Waals surface area contributed by atoms with E-state index in [1.807, 2.05) is 11.9 Å². The largest absolute Gasteiger partial charge is 0.496 e. The third kappa shape index (κ3) is 5.56. The summed E-state index contributed by atoms with van der Waals surface area (Å²) in [6.07, 6.45) is 4.44. The van der Waals surface area contributed by atoms with E-state index in [1.54, 1.807) is 16.7 Å². The Morgan fingerprint density at radius 2 is 1.94 bits per heavy atom. The molecule has 2 aromatic rings. The Morgan fingerprint density at radius 3 is 2.71 bits per heavy atom. The van der Waals surface area contributed by atoms with Gasteiger partial charge < -0.3 is 19.5 Å². The second kappa shape index (κ2) is 11.0. The molecule has 35 heavy (non-hydrogen) atoms. The topological polar surface area (TPSA) is 83.9 Å². The van der Waals surface area contributed by atoms with Crippen molar-refractivity contribution in [3.05, 3.63) is 63.3 Å². The summed E-state index contributed by atoms with van der Waals surface area (Å²) in [6, 6.07) is 7.18. The zero-order valence-electron chi connectivity index (χ0n) is 20.4. The highest BCUT2D eigenvalue weighted by Crippen LogP contribution is 2.24. The van der Waals surface area contributed by atoms with Crippen molar-refractivity contribution in [1.82, 2.24) is 19.7 Å². The molecule has 2 amide bonds. The van der Waals surface area contributed by atoms with Crippen molar-refractivity contribution < 1.29 is 18.7 Å². The molecule has 2 aliphatic rings. The van der Waals surface area contributed by atoms with Crippen molar-refractivity contribution in [2.75, 3.05) is 33.8 Å². The molecular weight excluding hydrogens is 451 g/mol. The number of likely N-dealkylation sites (tertiary alicyclic amines) is 1. The molecule has 1 N–H and O–H groups in total. The molecule has 2 aliphatic heterocycles. The Kier molecular flexibility index (Phi) is 7.85. The highest BCUT2D eigenvalue weighted by Gasteiger charge is 2.31. The number of pyridine rings is 1. The van der Waals surface area contributed by atoms with Gasteiger partial charge in [0, 0.05) is 44.4 Å². The number of rotatable bonds is 5. The fourth-order valence-corrected chi connectivity index (χ4v) is 5.07. The summed E-state index contributed by atoms with van der Waals surface area (Å²) < 4.78 is 20.5. The average molecular weight is 485 g/mol. The van der Waals surface area contributed by atoms with Gasteiger partial charge in [0.25, 0.3) is 11.5 Å². The minimum absolute atomic E-state index is 0.0827. The number of methoxy groups -OCH3 is 1. The molecule has 1 fully saturated rings. The number of ether oxygens (including phenoxy) is 1. The van der Waals surface area contributed by atoms with Gasteiger partial charge in [0.15, 0.2) is 0 Å². The number of likely N-dealkylation sites (N-methyl/N-ethyl adjacent to an activating group) is 1. The fourth-order valence-electron chi connectivity index (χ4n) is 5.07. The number of hydrogen-bond acceptors (Lipinski definition) is 5. The maximum Gasteiger partial charge on any atom is 0.257 e. The third-order valence-electron chi connectivity index (χ3n) is 7.00. The van der Waals surface area contributed by atoms with E-state index in [4.69, 9.17) is 4.74 Å². The predicted octanol–water partition coefficient (Wildman–Crippen LogP) is 2.19. The number of nitrogens with one attached hydrogen (secondary N) is 1. The van der Waals surface area contributed by atoms with Gasteiger partial charge in [0.2, 0.25) is 5.91 Å². The highest BCUT2D eigenvalue weighted by atomic mass is 19.1. The SMILES string of the molecule is COc1cc(=O)n2c(c1C(=O)NCc1cccc(F)c1)CCN(C(=O)[C@H]1CCCCCN1C)CC2. The van der Waals surface area contributed by atoms with Crippen LogP contribution in [0.4, 0.5) is 4.39 Å². The van der Waals surface area contributed by atoms with Crippen molar-refractivity contribution in [1.29, 1.82) is 0 Å². The predicted molar refractivity (Wildman–Crippen MR) is 130 cm³/mol. The zero-order valence-corrected chi connectivity index (χ0v) is 20.4. The quantitative estimate of drug-likeness (QED) is 0.704. The number of halogens is 1. The van der Waals surface area contributed by atoms with Gasteiger partial charge >= 0.3 is 0 Å². The summed E-state index contributed by atoms with van der Waals surface area (Å²) in [6.45, 7) is 2.17. The molecular formula is C26H33FN4O4. The minimum Gasteiger partial charge on any atom is -0.496 e. The van der Waals surface area contributed by atoms with Crippen molar-refractivity contribution in [3.8, 4) is 5.75 Å². The van der Waals surface area contributed by atoms with Crippen LogP contribution in [-0.2, 0) is 24.3 Å². The number of carbonyl (C=O) groups is 2. The van der Waals surface area contributed by atoms with Gasteiger partial charge in [-0.05, 0) is 44.1 Å². The molecule has 0 spiro atoms. The van der Waals surface area contributed by atoms with E-state index in [1.165, 1.54) is 25.3 Å². The molecule has 0 radical (unpaired) electrons. The van der Waals surface area contributed by atoms with E-state index in [0.29, 0.717) is 37.3 Å². The molecule has 8 nitrogen and oxygen atoms in total. The van der Waals surface area contributed by atoms with Crippen molar-refractivity contribution in [3.63, 3.8) is 0 Å². The zero-order chi connectivity index (χ0) is 24.9. The Labute approximate surface area is 204 Å². The number of fused-ring (bicyclic) bond motifs is 1. The fraction of sp³-hybridized carbons (Fsp3) is 0.500. The standard InChI is InChI=1S/C26H33FN4O4/c1-29-11-5-3-4-9-21(29)26(34)30-12-10-20-24(22(35-2)16-23(32)31(20)14-13-30)25(33)28-17-18-7-6-8-19(27)15-18/h6-8,15-16,21H,3-5,9-14,17H2,1-2H3,(H,28,33)/t21-/m1/s1. The van der Waals surface area contributed by atoms with Gasteiger partial charge in [-0.1, -0.05) is 25.0 Å². The van der Waals surface area contributed by atoms with Crippen LogP contribution in [-0.4, -0.2) is 66.0 Å². The van der Waals surface area contributed by atoms with E-state index in [9.17, 15) is 18.8 Å². The van der Waals surface area contributed by atoms with E-state index in [-0.39, 0.29) is 41.2 Å². The lowest BCUT2D eigenvalue weighted by Gasteiger charge is -2.30. The minimum atomic E-state index is -0.405. The van der Waals surface area contributed by atoms with Gasteiger partial charge in [0.1, 0.15) is 17.1 Å². The van der Waals surface area contributed by atoms with Crippen LogP contribution in [0.5, 0.6) is 5.75 Å². The third-order valence-corrected chi connectivity index (χ3v) is 7.00. The molecule has 0 bridgehead atoms. The van der Waals surface area contributed by atoms with Crippen LogP contribution < -0.4 is 15.6 Å². The van der Waals surface area contributed by atoms with Crippen LogP contribution in [0.25, 0.3) is 0 Å². The molecule has 1 saturated heterocycles. The molecule has 0 aliphatic carbocycles. The van der Waals surface area contributed by atoms with Gasteiger partial charge in [-0.25, -0.2) is 4.39 Å². The van der Waals surface area contributed by atoms with Crippen LogP contribution in [0.15, 0.2) is 35.1 Å². The number of hydrogen-bond donors (Lipinski definition) is 1. The van der Waals surface area contributed by atoms with Crippen molar-refractivity contribution in [2.45, 2.75) is 51.2 Å². The molecule has 188 valence electrons. The Balaban J connectivity index is 1.56. The number of benzene rings is 1. The Morgan fingerprint density at radius 1 is 1.11 bits per heavy atom. The molecule has 0 unspecified atom stereocenters. The number of carbonyl (C=O) groups excluding carboxylic acids is 2. The van der Waals surface area contributed by atoms with Crippen LogP contribution >= 0.6 is 0 Å². The lowest BCUT2D eigenvalue weighted by Crippen LogP contribution is -2.48. The average Bonchev–Trinajstić information content (AvgIpc) is 3.20. The summed E-state index contributed by atoms with van der Waals surface area (Å²) in [5, 5.41) is 2.82. The van der Waals surface area contributed by atoms with Gasteiger partial charge in [-0.15, -0.1) is 0 Å². The molecule has 0 saturated carbocycles. The molecule has 3 heterocycles. The van der Waals surface area contributed by atoms with E-state index >= 15 is 0 Å². The summed E-state index contributed by atoms with van der Waals surface area (Å²) in [7, 11) is 3.42. The van der Waals surface area contributed by atoms with Crippen molar-refractivity contribution in [2.24, 2.45) is 0 Å². The summed E-state index contributed by atoms with van der Waals surface area (Å²) in [5.41, 5.74) is 1.19. The molecule has 4 rings (SSSR count). The highest BCUT2D eigenvalue weighted by molar-refractivity contribution is 5.98. The molecule has 9 heteroatoms. The first kappa shape index (κ1) is 24.9. The first-order valence-corrected chi connectivity index (χ1v) is 12.2. The normalized spacial score (nSPS) is 18.8. The summed E-state index contributed by atoms with van der Waals surface area (Å²) >= 11 is 0. The van der Waals surface area contributed by atoms with Gasteiger partial charge in [-0.3, -0.25) is 19.3 Å². The van der Waals surface area contributed by atoms with E-state index in [0.717, 1.165) is 32.2 Å². The lowest BCUT2D eigenvalue weighted by atomic mass is 10.1. The summed E-state index contributed by atoms with van der Waals surface area (Å²) in [4.78, 5) is 43.4. The van der Waals surface area contributed by atoms with Crippen LogP contribution in [0.1, 0.15) is 47.3 Å². The van der Waals surface area contributed by atoms with Crippen LogP contribution in [0, 0.1) is 5.82 Å². The van der Waals surface area contributed by atoms with Crippen LogP contribution in [0.2, 0.25) is 0 Å². The maximum absolute atomic E-state index is 13.5. The number of nitrogens with zero attached hydrogens (tertiary/aromatic N) is 3. The first-order valence-electron chi connectivity index (χ1n) is 12.2. The first-order chi connectivity index (χ1) is 16.9. The number of amides is 2.